The first kappa shape index (κ1) is 14.3. The summed E-state index contributed by atoms with van der Waals surface area (Å²) in [6, 6.07) is 10.3. The lowest BCUT2D eigenvalue weighted by molar-refractivity contribution is 0.0609. The second-order valence-electron chi connectivity index (χ2n) is 5.79. The minimum Gasteiger partial charge on any atom is -0.387 e. The minimum absolute atomic E-state index is 0.597. The molecule has 3 rings (SSSR count). The largest absolute Gasteiger partial charge is 0.387 e. The highest BCUT2D eigenvalue weighted by atomic mass is 16.3. The van der Waals surface area contributed by atoms with Gasteiger partial charge in [-0.05, 0) is 18.5 Å². The minimum atomic E-state index is -0.597. The molecule has 1 fully saturated rings. The zero-order valence-corrected chi connectivity index (χ0v) is 12.1. The van der Waals surface area contributed by atoms with Gasteiger partial charge < -0.3 is 15.7 Å². The zero-order chi connectivity index (χ0) is 14.5. The molecule has 21 heavy (non-hydrogen) atoms. The zero-order valence-electron chi connectivity index (χ0n) is 12.1. The van der Waals surface area contributed by atoms with Crippen LogP contribution in [-0.4, -0.2) is 40.1 Å². The summed E-state index contributed by atoms with van der Waals surface area (Å²) < 4.78 is 1.94. The van der Waals surface area contributed by atoms with E-state index in [1.165, 1.54) is 5.56 Å². The molecule has 0 unspecified atom stereocenters. The molecule has 2 heterocycles. The molecule has 1 atom stereocenters. The Morgan fingerprint density at radius 2 is 2.14 bits per heavy atom. The maximum Gasteiger partial charge on any atom is 0.0907 e. The van der Waals surface area contributed by atoms with Gasteiger partial charge in [0.05, 0.1) is 18.3 Å². The molecular weight excluding hydrogens is 264 g/mol. The van der Waals surface area contributed by atoms with Crippen LogP contribution in [-0.2, 0) is 13.1 Å². The third kappa shape index (κ3) is 3.91. The molecule has 1 aromatic heterocycles. The lowest BCUT2D eigenvalue weighted by atomic mass is 10.0. The van der Waals surface area contributed by atoms with E-state index < -0.39 is 5.60 Å². The van der Waals surface area contributed by atoms with E-state index >= 15 is 0 Å². The molecule has 0 bridgehead atoms. The van der Waals surface area contributed by atoms with Gasteiger partial charge in [0.25, 0.3) is 0 Å². The Labute approximate surface area is 125 Å². The molecule has 0 saturated carbocycles. The number of hydrogen-bond acceptors (Lipinski definition) is 4. The number of nitrogens with one attached hydrogen (secondary N) is 2. The summed E-state index contributed by atoms with van der Waals surface area (Å²) in [7, 11) is 0. The van der Waals surface area contributed by atoms with Crippen LogP contribution in [0, 0.1) is 0 Å². The number of nitrogens with zero attached hydrogens (tertiary/aromatic N) is 2. The molecule has 3 N–H and O–H groups in total. The van der Waals surface area contributed by atoms with Gasteiger partial charge in [0.1, 0.15) is 0 Å². The first-order valence-electron chi connectivity index (χ1n) is 7.43. The first-order chi connectivity index (χ1) is 10.2. The second-order valence-corrected chi connectivity index (χ2v) is 5.79. The summed E-state index contributed by atoms with van der Waals surface area (Å²) >= 11 is 0. The van der Waals surface area contributed by atoms with Crippen molar-refractivity contribution in [1.29, 1.82) is 0 Å². The average molecular weight is 286 g/mol. The van der Waals surface area contributed by atoms with Gasteiger partial charge in [-0.15, -0.1) is 0 Å². The maximum atomic E-state index is 10.2. The smallest absolute Gasteiger partial charge is 0.0907 e. The van der Waals surface area contributed by atoms with Gasteiger partial charge in [0.15, 0.2) is 0 Å². The van der Waals surface area contributed by atoms with Gasteiger partial charge in [-0.1, -0.05) is 30.3 Å². The Morgan fingerprint density at radius 1 is 1.29 bits per heavy atom. The molecule has 1 saturated heterocycles. The van der Waals surface area contributed by atoms with E-state index in [0.29, 0.717) is 13.1 Å². The van der Waals surface area contributed by atoms with Crippen LogP contribution in [0.3, 0.4) is 0 Å². The van der Waals surface area contributed by atoms with Crippen molar-refractivity contribution in [1.82, 2.24) is 20.4 Å². The van der Waals surface area contributed by atoms with Crippen LogP contribution >= 0.6 is 0 Å². The van der Waals surface area contributed by atoms with Crippen molar-refractivity contribution in [2.75, 3.05) is 19.6 Å². The van der Waals surface area contributed by atoms with E-state index in [1.807, 2.05) is 29.1 Å². The predicted octanol–water partition coefficient (Wildman–Crippen LogP) is 0.745. The summed E-state index contributed by atoms with van der Waals surface area (Å²) in [6.07, 6.45) is 4.75. The van der Waals surface area contributed by atoms with Crippen molar-refractivity contribution in [2.24, 2.45) is 0 Å². The number of aliphatic hydroxyl groups is 1. The fourth-order valence-corrected chi connectivity index (χ4v) is 2.68. The van der Waals surface area contributed by atoms with Crippen LogP contribution in [0.1, 0.15) is 17.5 Å². The molecule has 1 aliphatic rings. The van der Waals surface area contributed by atoms with Gasteiger partial charge in [-0.25, -0.2) is 0 Å². The number of β-amino-alcohol motifs (C(OH)–C–C–N with tert-alkyl or cyclic N) is 1. The Balaban J connectivity index is 1.49. The Kier molecular flexibility index (Phi) is 4.34. The molecule has 5 heteroatoms. The van der Waals surface area contributed by atoms with Crippen LogP contribution in [0.5, 0.6) is 0 Å². The first-order valence-corrected chi connectivity index (χ1v) is 7.43. The van der Waals surface area contributed by atoms with E-state index in [4.69, 9.17) is 0 Å². The number of rotatable bonds is 6. The van der Waals surface area contributed by atoms with Gasteiger partial charge in [-0.3, -0.25) is 4.68 Å². The van der Waals surface area contributed by atoms with Crippen LogP contribution in [0.15, 0.2) is 42.7 Å². The van der Waals surface area contributed by atoms with E-state index in [9.17, 15) is 5.11 Å². The second kappa shape index (κ2) is 6.39. The SMILES string of the molecule is O[C@@]1(CNCc2cnn(Cc3ccccc3)c2)CCNC1. The Morgan fingerprint density at radius 3 is 2.90 bits per heavy atom. The molecule has 1 aromatic carbocycles. The van der Waals surface area contributed by atoms with Crippen molar-refractivity contribution in [2.45, 2.75) is 25.1 Å². The van der Waals surface area contributed by atoms with Crippen LogP contribution in [0.25, 0.3) is 0 Å². The molecule has 0 amide bonds. The van der Waals surface area contributed by atoms with Crippen molar-refractivity contribution in [3.05, 3.63) is 53.9 Å². The highest BCUT2D eigenvalue weighted by molar-refractivity contribution is 5.15. The molecule has 0 spiro atoms. The standard InChI is InChI=1S/C16H22N4O/c21-16(6-7-17-12-16)13-18-8-15-9-19-20(11-15)10-14-4-2-1-3-5-14/h1-5,9,11,17-18,21H,6-8,10,12-13H2/t16-/m0/s1. The van der Waals surface area contributed by atoms with E-state index in [-0.39, 0.29) is 0 Å². The molecule has 5 nitrogen and oxygen atoms in total. The number of hydrogen-bond donors (Lipinski definition) is 3. The van der Waals surface area contributed by atoms with E-state index in [1.54, 1.807) is 0 Å². The lowest BCUT2D eigenvalue weighted by Gasteiger charge is -2.21. The Hall–Kier alpha value is -1.69. The monoisotopic (exact) mass is 286 g/mol. The molecule has 1 aliphatic heterocycles. The summed E-state index contributed by atoms with van der Waals surface area (Å²) in [5, 5.41) is 21.1. The van der Waals surface area contributed by atoms with E-state index in [2.05, 4.69) is 34.1 Å². The maximum absolute atomic E-state index is 10.2. The van der Waals surface area contributed by atoms with Crippen LogP contribution < -0.4 is 10.6 Å². The predicted molar refractivity (Wildman–Crippen MR) is 81.9 cm³/mol. The van der Waals surface area contributed by atoms with Crippen molar-refractivity contribution < 1.29 is 5.11 Å². The Bertz CT molecular complexity index is 561. The fourth-order valence-electron chi connectivity index (χ4n) is 2.68. The van der Waals surface area contributed by atoms with Crippen molar-refractivity contribution in [3.63, 3.8) is 0 Å². The highest BCUT2D eigenvalue weighted by Gasteiger charge is 2.30. The summed E-state index contributed by atoms with van der Waals surface area (Å²) in [6.45, 7) is 3.70. The number of aromatic nitrogens is 2. The topological polar surface area (TPSA) is 62.1 Å². The van der Waals surface area contributed by atoms with Gasteiger partial charge in [0, 0.05) is 31.4 Å². The average Bonchev–Trinajstić information content (AvgIpc) is 3.10. The van der Waals surface area contributed by atoms with Gasteiger partial charge in [-0.2, -0.15) is 5.10 Å². The molecule has 0 aliphatic carbocycles. The van der Waals surface area contributed by atoms with Crippen LogP contribution in [0.4, 0.5) is 0 Å². The van der Waals surface area contributed by atoms with E-state index in [0.717, 1.165) is 31.6 Å². The molecule has 112 valence electrons. The van der Waals surface area contributed by atoms with Crippen LogP contribution in [0.2, 0.25) is 0 Å². The normalized spacial score (nSPS) is 21.8. The summed E-state index contributed by atoms with van der Waals surface area (Å²) in [5.41, 5.74) is 1.78. The number of benzene rings is 1. The molecular formula is C16H22N4O. The summed E-state index contributed by atoms with van der Waals surface area (Å²) in [4.78, 5) is 0. The third-order valence-electron chi connectivity index (χ3n) is 3.88. The highest BCUT2D eigenvalue weighted by Crippen LogP contribution is 2.12. The van der Waals surface area contributed by atoms with Crippen molar-refractivity contribution in [3.8, 4) is 0 Å². The molecule has 2 aromatic rings. The quantitative estimate of drug-likeness (QED) is 0.733. The third-order valence-corrected chi connectivity index (χ3v) is 3.88. The summed E-state index contributed by atoms with van der Waals surface area (Å²) in [5.74, 6) is 0. The van der Waals surface area contributed by atoms with Gasteiger partial charge in [0.2, 0.25) is 0 Å². The van der Waals surface area contributed by atoms with Gasteiger partial charge >= 0.3 is 0 Å². The van der Waals surface area contributed by atoms with Crippen molar-refractivity contribution >= 4 is 0 Å². The fraction of sp³-hybridized carbons (Fsp3) is 0.438. The molecule has 0 radical (unpaired) electrons. The lowest BCUT2D eigenvalue weighted by Crippen LogP contribution is -2.42.